The molecule has 1 atom stereocenters. The van der Waals surface area contributed by atoms with Crippen molar-refractivity contribution in [2.75, 3.05) is 25.0 Å². The Morgan fingerprint density at radius 1 is 1.39 bits per heavy atom. The van der Waals surface area contributed by atoms with Crippen LogP contribution in [0.3, 0.4) is 0 Å². The van der Waals surface area contributed by atoms with Crippen molar-refractivity contribution >= 4 is 40.0 Å². The van der Waals surface area contributed by atoms with Crippen molar-refractivity contribution in [1.82, 2.24) is 19.9 Å². The van der Waals surface area contributed by atoms with Gasteiger partial charge in [-0.15, -0.1) is 0 Å². The summed E-state index contributed by atoms with van der Waals surface area (Å²) in [5.74, 6) is -0.262. The van der Waals surface area contributed by atoms with Crippen molar-refractivity contribution in [1.29, 1.82) is 5.26 Å². The number of nitriles is 1. The second kappa shape index (κ2) is 9.67. The minimum Gasteiger partial charge on any atom is -0.477 e. The average molecular weight is 469 g/mol. The molecule has 3 aromatic rings. The van der Waals surface area contributed by atoms with Crippen LogP contribution in [0.1, 0.15) is 6.42 Å². The molecule has 0 bridgehead atoms. The first kappa shape index (κ1) is 22.2. The summed E-state index contributed by atoms with van der Waals surface area (Å²) in [5, 5.41) is 11.2. The van der Waals surface area contributed by atoms with Crippen molar-refractivity contribution < 1.29 is 18.7 Å². The van der Waals surface area contributed by atoms with Gasteiger partial charge in [-0.05, 0) is 24.3 Å². The van der Waals surface area contributed by atoms with Gasteiger partial charge in [0.1, 0.15) is 34.8 Å². The number of anilines is 2. The number of aromatic nitrogens is 3. The van der Waals surface area contributed by atoms with Crippen molar-refractivity contribution in [2.24, 2.45) is 0 Å². The first-order valence-electron chi connectivity index (χ1n) is 9.94. The third kappa shape index (κ3) is 4.78. The van der Waals surface area contributed by atoms with Gasteiger partial charge in [0, 0.05) is 19.0 Å². The largest absolute Gasteiger partial charge is 0.477 e. The zero-order chi connectivity index (χ0) is 23.4. The number of hydrogen-bond donors (Lipinski definition) is 1. The number of fused-ring (bicyclic) bond motifs is 1. The second-order valence-corrected chi connectivity index (χ2v) is 7.45. The van der Waals surface area contributed by atoms with Crippen LogP contribution in [0.5, 0.6) is 11.6 Å². The topological polar surface area (TPSA) is 113 Å². The highest BCUT2D eigenvalue weighted by atomic mass is 35.5. The van der Waals surface area contributed by atoms with E-state index in [0.717, 1.165) is 0 Å². The van der Waals surface area contributed by atoms with Gasteiger partial charge in [0.2, 0.25) is 11.8 Å². The van der Waals surface area contributed by atoms with E-state index in [2.05, 4.69) is 26.8 Å². The predicted octanol–water partition coefficient (Wildman–Crippen LogP) is 3.63. The Balaban J connectivity index is 1.57. The summed E-state index contributed by atoms with van der Waals surface area (Å²) in [4.78, 5) is 26.3. The number of halogens is 2. The summed E-state index contributed by atoms with van der Waals surface area (Å²) in [6.45, 7) is 4.26. The number of pyridine rings is 1. The van der Waals surface area contributed by atoms with E-state index in [-0.39, 0.29) is 40.9 Å². The number of carbonyl (C=O) groups is 1. The average Bonchev–Trinajstić information content (AvgIpc) is 3.30. The van der Waals surface area contributed by atoms with Gasteiger partial charge in [-0.1, -0.05) is 18.2 Å². The number of rotatable bonds is 7. The van der Waals surface area contributed by atoms with E-state index >= 15 is 0 Å². The SMILES string of the molecule is C=CC(=O)N1CC[C@H](Oc2ccc3ncnc(Nc4ccc(OCC#N)c(Cl)c4F)c3n2)C1. The van der Waals surface area contributed by atoms with E-state index in [9.17, 15) is 9.18 Å². The molecule has 0 saturated carbocycles. The molecule has 3 heterocycles. The van der Waals surface area contributed by atoms with Crippen LogP contribution in [-0.4, -0.2) is 51.6 Å². The summed E-state index contributed by atoms with van der Waals surface area (Å²) in [5.41, 5.74) is 0.939. The Morgan fingerprint density at radius 3 is 3.03 bits per heavy atom. The molecule has 0 spiro atoms. The minimum atomic E-state index is -0.760. The normalized spacial score (nSPS) is 15.2. The Hall–Kier alpha value is -3.97. The standard InChI is InChI=1S/C22H18ClFN6O3/c1-2-18(31)30-9-7-13(11-30)33-17-6-4-15-21(29-17)22(27-12-26-15)28-14-3-5-16(32-10-8-25)19(23)20(14)24/h2-6,12-13H,1,7,9-11H2,(H,26,27,28)/t13-/m0/s1. The lowest BCUT2D eigenvalue weighted by molar-refractivity contribution is -0.125. The quantitative estimate of drug-likeness (QED) is 0.523. The molecule has 168 valence electrons. The van der Waals surface area contributed by atoms with Gasteiger partial charge in [0.15, 0.2) is 18.2 Å². The fourth-order valence-electron chi connectivity index (χ4n) is 3.38. The van der Waals surface area contributed by atoms with Gasteiger partial charge in [-0.3, -0.25) is 4.79 Å². The highest BCUT2D eigenvalue weighted by molar-refractivity contribution is 6.32. The minimum absolute atomic E-state index is 0.0480. The first-order valence-corrected chi connectivity index (χ1v) is 10.3. The van der Waals surface area contributed by atoms with Crippen molar-refractivity contribution in [3.8, 4) is 17.7 Å². The van der Waals surface area contributed by atoms with Crippen LogP contribution in [-0.2, 0) is 4.79 Å². The molecule has 1 aliphatic heterocycles. The zero-order valence-corrected chi connectivity index (χ0v) is 18.0. The maximum absolute atomic E-state index is 14.8. The van der Waals surface area contributed by atoms with Gasteiger partial charge in [0.05, 0.1) is 17.7 Å². The van der Waals surface area contributed by atoms with Crippen molar-refractivity contribution in [2.45, 2.75) is 12.5 Å². The molecule has 0 radical (unpaired) electrons. The van der Waals surface area contributed by atoms with Crippen LogP contribution in [0, 0.1) is 17.1 Å². The lowest BCUT2D eigenvalue weighted by Gasteiger charge is -2.16. The smallest absolute Gasteiger partial charge is 0.246 e. The number of benzene rings is 1. The molecule has 1 aromatic carbocycles. The summed E-state index contributed by atoms with van der Waals surface area (Å²) >= 11 is 6.03. The fourth-order valence-corrected chi connectivity index (χ4v) is 3.60. The lowest BCUT2D eigenvalue weighted by Crippen LogP contribution is -2.29. The van der Waals surface area contributed by atoms with Crippen molar-refractivity contribution in [3.63, 3.8) is 0 Å². The van der Waals surface area contributed by atoms with E-state index in [1.165, 1.54) is 24.5 Å². The van der Waals surface area contributed by atoms with Gasteiger partial charge in [0.25, 0.3) is 0 Å². The van der Waals surface area contributed by atoms with Gasteiger partial charge < -0.3 is 19.7 Å². The summed E-state index contributed by atoms with van der Waals surface area (Å²) in [6.07, 6.45) is 3.06. The molecule has 1 N–H and O–H groups in total. The van der Waals surface area contributed by atoms with E-state index in [1.54, 1.807) is 23.1 Å². The highest BCUT2D eigenvalue weighted by Crippen LogP contribution is 2.34. The summed E-state index contributed by atoms with van der Waals surface area (Å²) < 4.78 is 25.8. The zero-order valence-electron chi connectivity index (χ0n) is 17.3. The number of amides is 1. The molecule has 1 amide bonds. The fraction of sp³-hybridized carbons (Fsp3) is 0.227. The number of nitrogens with zero attached hydrogens (tertiary/aromatic N) is 5. The molecule has 11 heteroatoms. The molecule has 1 fully saturated rings. The maximum atomic E-state index is 14.8. The molecular formula is C22H18ClFN6O3. The molecule has 1 saturated heterocycles. The number of hydrogen-bond acceptors (Lipinski definition) is 8. The van der Waals surface area contributed by atoms with Gasteiger partial charge in [-0.25, -0.2) is 19.3 Å². The summed E-state index contributed by atoms with van der Waals surface area (Å²) in [7, 11) is 0. The third-order valence-electron chi connectivity index (χ3n) is 4.97. The molecule has 33 heavy (non-hydrogen) atoms. The van der Waals surface area contributed by atoms with Crippen LogP contribution >= 0.6 is 11.6 Å². The molecule has 2 aromatic heterocycles. The van der Waals surface area contributed by atoms with Crippen LogP contribution < -0.4 is 14.8 Å². The van der Waals surface area contributed by atoms with E-state index in [0.29, 0.717) is 36.4 Å². The van der Waals surface area contributed by atoms with Crippen LogP contribution in [0.15, 0.2) is 43.2 Å². The molecule has 4 rings (SSSR count). The molecule has 1 aliphatic rings. The Bertz CT molecular complexity index is 1260. The molecule has 9 nitrogen and oxygen atoms in total. The number of nitrogens with one attached hydrogen (secondary N) is 1. The van der Waals surface area contributed by atoms with Crippen LogP contribution in [0.2, 0.25) is 5.02 Å². The van der Waals surface area contributed by atoms with Crippen LogP contribution in [0.4, 0.5) is 15.9 Å². The monoisotopic (exact) mass is 468 g/mol. The number of ether oxygens (including phenoxy) is 2. The molecule has 0 aliphatic carbocycles. The Morgan fingerprint density at radius 2 is 2.24 bits per heavy atom. The van der Waals surface area contributed by atoms with E-state index in [4.69, 9.17) is 26.3 Å². The van der Waals surface area contributed by atoms with Gasteiger partial charge in [-0.2, -0.15) is 5.26 Å². The maximum Gasteiger partial charge on any atom is 0.246 e. The molecular weight excluding hydrogens is 451 g/mol. The highest BCUT2D eigenvalue weighted by Gasteiger charge is 2.26. The second-order valence-electron chi connectivity index (χ2n) is 7.07. The van der Waals surface area contributed by atoms with E-state index < -0.39 is 5.82 Å². The number of likely N-dealkylation sites (tertiary alicyclic amines) is 1. The number of carbonyl (C=O) groups excluding carboxylic acids is 1. The Kier molecular flexibility index (Phi) is 6.51. The van der Waals surface area contributed by atoms with Crippen molar-refractivity contribution in [3.05, 3.63) is 54.1 Å². The molecule has 0 unspecified atom stereocenters. The predicted molar refractivity (Wildman–Crippen MR) is 119 cm³/mol. The third-order valence-corrected chi connectivity index (χ3v) is 5.32. The lowest BCUT2D eigenvalue weighted by atomic mass is 10.2. The van der Waals surface area contributed by atoms with E-state index in [1.807, 2.05) is 0 Å². The Labute approximate surface area is 193 Å². The van der Waals surface area contributed by atoms with Gasteiger partial charge >= 0.3 is 0 Å². The summed E-state index contributed by atoms with van der Waals surface area (Å²) in [6, 6.07) is 8.07. The first-order chi connectivity index (χ1) is 16.0. The van der Waals surface area contributed by atoms with Crippen LogP contribution in [0.25, 0.3) is 11.0 Å².